The molecule has 1 heterocycles. The van der Waals surface area contributed by atoms with Crippen molar-refractivity contribution in [1.82, 2.24) is 14.9 Å². The summed E-state index contributed by atoms with van der Waals surface area (Å²) in [7, 11) is 1.55. The number of halogens is 1. The van der Waals surface area contributed by atoms with E-state index < -0.39 is 29.8 Å². The summed E-state index contributed by atoms with van der Waals surface area (Å²) >= 11 is 0. The molecule has 0 atom stereocenters. The number of hydrogen-bond donors (Lipinski definition) is 2. The van der Waals surface area contributed by atoms with Crippen molar-refractivity contribution in [1.29, 1.82) is 0 Å². The summed E-state index contributed by atoms with van der Waals surface area (Å²) in [5.74, 6) is -1.72. The van der Waals surface area contributed by atoms with Crippen LogP contribution in [0.25, 0.3) is 0 Å². The number of carbonyl (C=O) groups is 1. The van der Waals surface area contributed by atoms with E-state index >= 15 is 0 Å². The van der Waals surface area contributed by atoms with E-state index in [0.29, 0.717) is 6.20 Å². The number of aromatic nitrogens is 2. The first-order chi connectivity index (χ1) is 7.54. The number of likely N-dealkylation sites (N-methyl/N-ethyl adjacent to an activating group) is 1. The van der Waals surface area contributed by atoms with Crippen LogP contribution in [-0.4, -0.2) is 29.1 Å². The zero-order chi connectivity index (χ0) is 12.1. The Hall–Kier alpha value is -1.96. The number of esters is 1. The summed E-state index contributed by atoms with van der Waals surface area (Å²) < 4.78 is 18.1. The lowest BCUT2D eigenvalue weighted by Crippen LogP contribution is -2.33. The van der Waals surface area contributed by atoms with E-state index in [9.17, 15) is 18.8 Å². The lowest BCUT2D eigenvalue weighted by molar-refractivity contribution is -0.146. The van der Waals surface area contributed by atoms with Crippen LogP contribution >= 0.6 is 0 Å². The highest BCUT2D eigenvalue weighted by Gasteiger charge is 2.05. The van der Waals surface area contributed by atoms with Gasteiger partial charge in [0.15, 0.2) is 6.73 Å². The Bertz CT molecular complexity index is 493. The molecule has 88 valence electrons. The first kappa shape index (κ1) is 12.1. The minimum Gasteiger partial charge on any atom is -0.443 e. The average Bonchev–Trinajstić information content (AvgIpc) is 2.22. The molecule has 16 heavy (non-hydrogen) atoms. The fourth-order valence-electron chi connectivity index (χ4n) is 0.916. The topological polar surface area (TPSA) is 93.2 Å². The molecule has 7 nitrogen and oxygen atoms in total. The van der Waals surface area contributed by atoms with E-state index in [1.165, 1.54) is 0 Å². The van der Waals surface area contributed by atoms with Crippen molar-refractivity contribution in [2.75, 3.05) is 13.6 Å². The largest absolute Gasteiger partial charge is 0.443 e. The number of nitrogens with zero attached hydrogens (tertiary/aromatic N) is 1. The fraction of sp³-hybridized carbons (Fsp3) is 0.375. The van der Waals surface area contributed by atoms with Gasteiger partial charge in [-0.3, -0.25) is 19.1 Å². The van der Waals surface area contributed by atoms with Crippen LogP contribution in [0.4, 0.5) is 4.39 Å². The van der Waals surface area contributed by atoms with Gasteiger partial charge in [0.2, 0.25) is 5.82 Å². The Morgan fingerprint density at radius 1 is 1.62 bits per heavy atom. The molecule has 0 fully saturated rings. The van der Waals surface area contributed by atoms with Crippen LogP contribution in [0.1, 0.15) is 0 Å². The van der Waals surface area contributed by atoms with Crippen LogP contribution in [0.3, 0.4) is 0 Å². The summed E-state index contributed by atoms with van der Waals surface area (Å²) in [4.78, 5) is 34.4. The second-order valence-corrected chi connectivity index (χ2v) is 2.88. The molecule has 0 bridgehead atoms. The molecule has 0 radical (unpaired) electrons. The number of hydrogen-bond acceptors (Lipinski definition) is 5. The third-order valence-corrected chi connectivity index (χ3v) is 1.65. The summed E-state index contributed by atoms with van der Waals surface area (Å²) in [6.07, 6.45) is 0.674. The number of carbonyl (C=O) groups excluding carboxylic acids is 1. The van der Waals surface area contributed by atoms with Crippen molar-refractivity contribution in [3.8, 4) is 0 Å². The van der Waals surface area contributed by atoms with Gasteiger partial charge in [0.25, 0.3) is 5.56 Å². The summed E-state index contributed by atoms with van der Waals surface area (Å²) in [5, 5.41) is 2.55. The number of aromatic amines is 1. The molecule has 1 aromatic heterocycles. The predicted molar refractivity (Wildman–Crippen MR) is 51.3 cm³/mol. The van der Waals surface area contributed by atoms with Crippen molar-refractivity contribution in [2.24, 2.45) is 0 Å². The SMILES string of the molecule is CNCC(=O)OCn1cc(F)c(=O)[nH]c1=O. The van der Waals surface area contributed by atoms with Crippen molar-refractivity contribution in [3.05, 3.63) is 32.9 Å². The molecule has 0 spiro atoms. The van der Waals surface area contributed by atoms with Crippen LogP contribution in [0.15, 0.2) is 15.8 Å². The van der Waals surface area contributed by atoms with Gasteiger partial charge in [-0.15, -0.1) is 0 Å². The van der Waals surface area contributed by atoms with Gasteiger partial charge in [0.1, 0.15) is 0 Å². The number of rotatable bonds is 4. The molecular weight excluding hydrogens is 221 g/mol. The molecule has 2 N–H and O–H groups in total. The molecule has 0 saturated heterocycles. The van der Waals surface area contributed by atoms with Crippen molar-refractivity contribution in [2.45, 2.75) is 6.73 Å². The maximum atomic E-state index is 12.8. The normalized spacial score (nSPS) is 10.1. The minimum absolute atomic E-state index is 0.0272. The van der Waals surface area contributed by atoms with E-state index in [1.54, 1.807) is 12.0 Å². The molecule has 8 heteroatoms. The monoisotopic (exact) mass is 231 g/mol. The van der Waals surface area contributed by atoms with Gasteiger partial charge in [-0.05, 0) is 7.05 Å². The molecule has 1 aromatic rings. The van der Waals surface area contributed by atoms with E-state index in [2.05, 4.69) is 10.1 Å². The van der Waals surface area contributed by atoms with Crippen LogP contribution in [0.2, 0.25) is 0 Å². The number of ether oxygens (including phenoxy) is 1. The van der Waals surface area contributed by atoms with Crippen LogP contribution in [0.5, 0.6) is 0 Å². The Labute approximate surface area is 88.9 Å². The smallest absolute Gasteiger partial charge is 0.331 e. The van der Waals surface area contributed by atoms with E-state index in [0.717, 1.165) is 4.57 Å². The van der Waals surface area contributed by atoms with Crippen LogP contribution < -0.4 is 16.6 Å². The molecule has 0 aliphatic heterocycles. The Morgan fingerprint density at radius 2 is 2.31 bits per heavy atom. The van der Waals surface area contributed by atoms with Crippen molar-refractivity contribution < 1.29 is 13.9 Å². The highest BCUT2D eigenvalue weighted by atomic mass is 19.1. The van der Waals surface area contributed by atoms with Gasteiger partial charge in [-0.25, -0.2) is 4.79 Å². The maximum absolute atomic E-state index is 12.8. The van der Waals surface area contributed by atoms with Gasteiger partial charge in [-0.2, -0.15) is 4.39 Å². The summed E-state index contributed by atoms with van der Waals surface area (Å²) in [6, 6.07) is 0. The van der Waals surface area contributed by atoms with Crippen LogP contribution in [0, 0.1) is 5.82 Å². The fourth-order valence-corrected chi connectivity index (χ4v) is 0.916. The first-order valence-electron chi connectivity index (χ1n) is 4.34. The quantitative estimate of drug-likeness (QED) is 0.608. The lowest BCUT2D eigenvalue weighted by atomic mass is 10.6. The first-order valence-corrected chi connectivity index (χ1v) is 4.34. The number of H-pyrrole nitrogens is 1. The minimum atomic E-state index is -1.12. The number of nitrogens with one attached hydrogen (secondary N) is 2. The molecule has 0 aliphatic rings. The predicted octanol–water partition coefficient (Wildman–Crippen LogP) is -1.60. The molecule has 0 aliphatic carbocycles. The third-order valence-electron chi connectivity index (χ3n) is 1.65. The van der Waals surface area contributed by atoms with Crippen molar-refractivity contribution in [3.63, 3.8) is 0 Å². The van der Waals surface area contributed by atoms with Crippen molar-refractivity contribution >= 4 is 5.97 Å². The standard InChI is InChI=1S/C8H10FN3O4/c1-10-2-6(13)16-4-12-3-5(9)7(14)11-8(12)15/h3,10H,2,4H2,1H3,(H,11,14,15). The van der Waals surface area contributed by atoms with Gasteiger partial charge in [-0.1, -0.05) is 0 Å². The lowest BCUT2D eigenvalue weighted by Gasteiger charge is -2.06. The van der Waals surface area contributed by atoms with E-state index in [4.69, 9.17) is 0 Å². The molecule has 0 unspecified atom stereocenters. The molecule has 0 saturated carbocycles. The molecule has 0 aromatic carbocycles. The molecule has 0 amide bonds. The van der Waals surface area contributed by atoms with Gasteiger partial charge >= 0.3 is 11.7 Å². The van der Waals surface area contributed by atoms with Gasteiger partial charge in [0.05, 0.1) is 12.7 Å². The van der Waals surface area contributed by atoms with Gasteiger partial charge < -0.3 is 10.1 Å². The van der Waals surface area contributed by atoms with Crippen LogP contribution in [-0.2, 0) is 16.3 Å². The highest BCUT2D eigenvalue weighted by molar-refractivity contribution is 5.71. The second-order valence-electron chi connectivity index (χ2n) is 2.88. The van der Waals surface area contributed by atoms with E-state index in [-0.39, 0.29) is 6.54 Å². The van der Waals surface area contributed by atoms with E-state index in [1.807, 2.05) is 0 Å². The second kappa shape index (κ2) is 5.21. The average molecular weight is 231 g/mol. The molecule has 1 rings (SSSR count). The highest BCUT2D eigenvalue weighted by Crippen LogP contribution is 1.86. The summed E-state index contributed by atoms with van der Waals surface area (Å²) in [5.41, 5.74) is -1.95. The maximum Gasteiger partial charge on any atom is 0.331 e. The third kappa shape index (κ3) is 3.02. The zero-order valence-corrected chi connectivity index (χ0v) is 8.45. The Balaban J connectivity index is 2.75. The Kier molecular flexibility index (Phi) is 3.95. The molecular formula is C8H10FN3O4. The Morgan fingerprint density at radius 3 is 2.94 bits per heavy atom. The zero-order valence-electron chi connectivity index (χ0n) is 8.45. The van der Waals surface area contributed by atoms with Gasteiger partial charge in [0, 0.05) is 0 Å². The summed E-state index contributed by atoms with van der Waals surface area (Å²) in [6.45, 7) is -0.479.